The van der Waals surface area contributed by atoms with Crippen LogP contribution in [0.1, 0.15) is 18.9 Å². The van der Waals surface area contributed by atoms with Crippen LogP contribution in [0.15, 0.2) is 12.1 Å². The second kappa shape index (κ2) is 6.73. The molecule has 0 amide bonds. The second-order valence-corrected chi connectivity index (χ2v) is 5.65. The van der Waals surface area contributed by atoms with E-state index >= 15 is 0 Å². The lowest BCUT2D eigenvalue weighted by atomic mass is 10.1. The Morgan fingerprint density at radius 2 is 2.19 bits per heavy atom. The van der Waals surface area contributed by atoms with E-state index in [2.05, 4.69) is 11.8 Å². The molecule has 1 aromatic rings. The van der Waals surface area contributed by atoms with E-state index in [4.69, 9.17) is 19.9 Å². The summed E-state index contributed by atoms with van der Waals surface area (Å²) < 4.78 is 16.3. The van der Waals surface area contributed by atoms with E-state index in [9.17, 15) is 0 Å². The maximum Gasteiger partial charge on any atom is 0.231 e. The number of halogens is 1. The summed E-state index contributed by atoms with van der Waals surface area (Å²) in [5, 5.41) is 0. The number of hydrogen-bond donors (Lipinski definition) is 1. The number of benzene rings is 1. The van der Waals surface area contributed by atoms with E-state index < -0.39 is 0 Å². The maximum atomic E-state index is 5.79. The summed E-state index contributed by atoms with van der Waals surface area (Å²) in [6.45, 7) is 5.26. The van der Waals surface area contributed by atoms with Crippen molar-refractivity contribution in [2.45, 2.75) is 25.9 Å². The predicted octanol–water partition coefficient (Wildman–Crippen LogP) is 2.01. The van der Waals surface area contributed by atoms with Crippen LogP contribution < -0.4 is 19.9 Å². The molecule has 3 rings (SSSR count). The molecule has 2 atom stereocenters. The molecule has 0 aliphatic carbocycles. The molecule has 6 heteroatoms. The van der Waals surface area contributed by atoms with Gasteiger partial charge in [0.2, 0.25) is 12.5 Å². The van der Waals surface area contributed by atoms with Crippen molar-refractivity contribution in [2.75, 3.05) is 27.0 Å². The minimum atomic E-state index is 0. The minimum absolute atomic E-state index is 0. The molecule has 2 aliphatic heterocycles. The summed E-state index contributed by atoms with van der Waals surface area (Å²) in [7, 11) is 1.66. The third-order valence-electron chi connectivity index (χ3n) is 4.23. The fraction of sp³-hybridized carbons (Fsp3) is 0.600. The molecule has 0 aromatic heterocycles. The topological polar surface area (TPSA) is 57.0 Å². The van der Waals surface area contributed by atoms with Gasteiger partial charge in [0.15, 0.2) is 11.5 Å². The van der Waals surface area contributed by atoms with Crippen molar-refractivity contribution in [3.05, 3.63) is 17.7 Å². The third-order valence-corrected chi connectivity index (χ3v) is 4.23. The highest BCUT2D eigenvalue weighted by Crippen LogP contribution is 2.42. The van der Waals surface area contributed by atoms with Gasteiger partial charge < -0.3 is 19.9 Å². The molecule has 2 heterocycles. The van der Waals surface area contributed by atoms with Crippen LogP contribution in [0, 0.1) is 5.92 Å². The van der Waals surface area contributed by atoms with Gasteiger partial charge in [-0.2, -0.15) is 0 Å². The highest BCUT2D eigenvalue weighted by Gasteiger charge is 2.29. The normalized spacial score (nSPS) is 24.0. The highest BCUT2D eigenvalue weighted by atomic mass is 35.5. The first-order chi connectivity index (χ1) is 9.71. The molecule has 2 aliphatic rings. The standard InChI is InChI=1S/C15H22N2O3.ClH/c1-10-3-12(6-16)8-17(10)7-11-4-13(18-2)15-14(5-11)19-9-20-15;/h4-5,10,12H,3,6-9,16H2,1-2H3;1H. The lowest BCUT2D eigenvalue weighted by molar-refractivity contribution is 0.171. The van der Waals surface area contributed by atoms with Crippen LogP contribution in [-0.4, -0.2) is 37.9 Å². The lowest BCUT2D eigenvalue weighted by Gasteiger charge is -2.21. The van der Waals surface area contributed by atoms with Gasteiger partial charge in [0, 0.05) is 19.1 Å². The van der Waals surface area contributed by atoms with Gasteiger partial charge in [-0.05, 0) is 43.5 Å². The number of methoxy groups -OCH3 is 1. The van der Waals surface area contributed by atoms with Crippen LogP contribution in [0.4, 0.5) is 0 Å². The molecule has 1 saturated heterocycles. The molecule has 1 fully saturated rings. The Bertz CT molecular complexity index is 498. The van der Waals surface area contributed by atoms with Crippen LogP contribution >= 0.6 is 12.4 Å². The van der Waals surface area contributed by atoms with Gasteiger partial charge in [0.05, 0.1) is 7.11 Å². The minimum Gasteiger partial charge on any atom is -0.493 e. The number of likely N-dealkylation sites (tertiary alicyclic amines) is 1. The van der Waals surface area contributed by atoms with Crippen LogP contribution in [0.2, 0.25) is 0 Å². The van der Waals surface area contributed by atoms with Crippen molar-refractivity contribution in [2.24, 2.45) is 11.7 Å². The summed E-state index contributed by atoms with van der Waals surface area (Å²) in [6, 6.07) is 4.66. The summed E-state index contributed by atoms with van der Waals surface area (Å²) in [5.74, 6) is 2.85. The van der Waals surface area contributed by atoms with Crippen molar-refractivity contribution >= 4 is 12.4 Å². The van der Waals surface area contributed by atoms with Crippen LogP contribution in [0.25, 0.3) is 0 Å². The number of hydrogen-bond acceptors (Lipinski definition) is 5. The molecule has 0 saturated carbocycles. The van der Waals surface area contributed by atoms with E-state index in [0.717, 1.165) is 31.1 Å². The number of ether oxygens (including phenoxy) is 3. The molecular formula is C15H23ClN2O3. The van der Waals surface area contributed by atoms with Gasteiger partial charge in [-0.1, -0.05) is 0 Å². The largest absolute Gasteiger partial charge is 0.493 e. The van der Waals surface area contributed by atoms with Crippen molar-refractivity contribution in [3.63, 3.8) is 0 Å². The fourth-order valence-corrected chi connectivity index (χ4v) is 3.12. The Hall–Kier alpha value is -1.17. The van der Waals surface area contributed by atoms with Gasteiger partial charge in [-0.25, -0.2) is 0 Å². The average molecular weight is 315 g/mol. The van der Waals surface area contributed by atoms with Gasteiger partial charge in [0.25, 0.3) is 0 Å². The SMILES string of the molecule is COc1cc(CN2CC(CN)CC2C)cc2c1OCO2.Cl. The molecular weight excluding hydrogens is 292 g/mol. The quantitative estimate of drug-likeness (QED) is 0.921. The van der Waals surface area contributed by atoms with Gasteiger partial charge in [-0.3, -0.25) is 4.90 Å². The Morgan fingerprint density at radius 3 is 2.86 bits per heavy atom. The van der Waals surface area contributed by atoms with E-state index in [-0.39, 0.29) is 19.2 Å². The molecule has 0 radical (unpaired) electrons. The smallest absolute Gasteiger partial charge is 0.231 e. The molecule has 2 unspecified atom stereocenters. The van der Waals surface area contributed by atoms with Crippen molar-refractivity contribution in [1.29, 1.82) is 0 Å². The monoisotopic (exact) mass is 314 g/mol. The first-order valence-corrected chi connectivity index (χ1v) is 7.12. The van der Waals surface area contributed by atoms with Crippen LogP contribution in [0.5, 0.6) is 17.2 Å². The number of nitrogens with two attached hydrogens (primary N) is 1. The zero-order chi connectivity index (χ0) is 14.1. The summed E-state index contributed by atoms with van der Waals surface area (Å²) in [6.07, 6.45) is 1.18. The first-order valence-electron chi connectivity index (χ1n) is 7.12. The number of nitrogens with zero attached hydrogens (tertiary/aromatic N) is 1. The maximum absolute atomic E-state index is 5.79. The molecule has 1 aromatic carbocycles. The van der Waals surface area contributed by atoms with E-state index in [1.54, 1.807) is 7.11 Å². The van der Waals surface area contributed by atoms with Crippen molar-refractivity contribution in [3.8, 4) is 17.2 Å². The van der Waals surface area contributed by atoms with Gasteiger partial charge in [-0.15, -0.1) is 12.4 Å². The predicted molar refractivity (Wildman–Crippen MR) is 83.4 cm³/mol. The Balaban J connectivity index is 0.00000161. The van der Waals surface area contributed by atoms with E-state index in [1.807, 2.05) is 12.1 Å². The van der Waals surface area contributed by atoms with Gasteiger partial charge in [0.1, 0.15) is 0 Å². The molecule has 5 nitrogen and oxygen atoms in total. The van der Waals surface area contributed by atoms with Crippen molar-refractivity contribution in [1.82, 2.24) is 4.90 Å². The Morgan fingerprint density at radius 1 is 1.38 bits per heavy atom. The molecule has 0 spiro atoms. The summed E-state index contributed by atoms with van der Waals surface area (Å²) >= 11 is 0. The van der Waals surface area contributed by atoms with E-state index in [0.29, 0.717) is 17.7 Å². The van der Waals surface area contributed by atoms with E-state index in [1.165, 1.54) is 12.0 Å². The lowest BCUT2D eigenvalue weighted by Crippen LogP contribution is -2.27. The average Bonchev–Trinajstić information content (AvgIpc) is 3.05. The fourth-order valence-electron chi connectivity index (χ4n) is 3.12. The van der Waals surface area contributed by atoms with Gasteiger partial charge >= 0.3 is 0 Å². The van der Waals surface area contributed by atoms with Crippen LogP contribution in [0.3, 0.4) is 0 Å². The Kier molecular flexibility index (Phi) is 5.19. The molecule has 0 bridgehead atoms. The Labute approximate surface area is 131 Å². The first kappa shape index (κ1) is 16.2. The van der Waals surface area contributed by atoms with Crippen molar-refractivity contribution < 1.29 is 14.2 Å². The molecule has 2 N–H and O–H groups in total. The highest BCUT2D eigenvalue weighted by molar-refractivity contribution is 5.85. The summed E-state index contributed by atoms with van der Waals surface area (Å²) in [4.78, 5) is 2.47. The zero-order valence-corrected chi connectivity index (χ0v) is 13.3. The molecule has 21 heavy (non-hydrogen) atoms. The number of rotatable bonds is 4. The molecule has 118 valence electrons. The van der Waals surface area contributed by atoms with Crippen LogP contribution in [-0.2, 0) is 6.54 Å². The third kappa shape index (κ3) is 3.20. The zero-order valence-electron chi connectivity index (χ0n) is 12.5. The number of fused-ring (bicyclic) bond motifs is 1. The second-order valence-electron chi connectivity index (χ2n) is 5.65. The summed E-state index contributed by atoms with van der Waals surface area (Å²) in [5.41, 5.74) is 6.98.